The molecule has 0 aliphatic heterocycles. The molecule has 1 aromatic carbocycles. The first-order valence-corrected chi connectivity index (χ1v) is 6.20. The molecular weight excluding hydrogens is 245 g/mol. The lowest BCUT2D eigenvalue weighted by Crippen LogP contribution is -2.33. The first kappa shape index (κ1) is 15.5. The molecule has 1 aromatic rings. The smallest absolute Gasteiger partial charge is 0.444 e. The Hall–Kier alpha value is -1.53. The van der Waals surface area contributed by atoms with Gasteiger partial charge in [-0.2, -0.15) is 0 Å². The van der Waals surface area contributed by atoms with Gasteiger partial charge in [0.25, 0.3) is 0 Å². The maximum absolute atomic E-state index is 11.4. The third kappa shape index (κ3) is 6.26. The van der Waals surface area contributed by atoms with E-state index in [0.29, 0.717) is 18.4 Å². The maximum atomic E-state index is 11.4. The Kier molecular flexibility index (Phi) is 5.38. The number of amides is 1. The molecule has 1 rings (SSSR count). The molecule has 104 valence electrons. The summed E-state index contributed by atoms with van der Waals surface area (Å²) in [5, 5.41) is 20.6. The van der Waals surface area contributed by atoms with Gasteiger partial charge in [-0.15, -0.1) is 0 Å². The van der Waals surface area contributed by atoms with E-state index in [1.165, 1.54) is 0 Å². The van der Waals surface area contributed by atoms with Crippen LogP contribution < -0.4 is 10.8 Å². The average Bonchev–Trinajstić information content (AvgIpc) is 2.27. The molecule has 0 atom stereocenters. The van der Waals surface area contributed by atoms with Crippen LogP contribution in [0.4, 0.5) is 4.79 Å². The lowest BCUT2D eigenvalue weighted by molar-refractivity contribution is 0.0528. The van der Waals surface area contributed by atoms with Crippen LogP contribution in [0.1, 0.15) is 26.3 Å². The standard InChI is InChI=1S/C13H20BNO4/c1-13(2,3)19-12(16)15-9-8-10-4-6-11(7-5-10)14(17)18/h4-7,17-18H,8-9H2,1-3H3,(H,15,16). The fourth-order valence-electron chi connectivity index (χ4n) is 1.48. The molecule has 0 radical (unpaired) electrons. The highest BCUT2D eigenvalue weighted by Crippen LogP contribution is 2.06. The minimum absolute atomic E-state index is 0.435. The summed E-state index contributed by atoms with van der Waals surface area (Å²) in [6.45, 7) is 5.90. The van der Waals surface area contributed by atoms with Crippen LogP contribution >= 0.6 is 0 Å². The third-order valence-corrected chi connectivity index (χ3v) is 2.36. The molecule has 0 aliphatic rings. The van der Waals surface area contributed by atoms with E-state index in [1.807, 2.05) is 20.8 Å². The summed E-state index contributed by atoms with van der Waals surface area (Å²) >= 11 is 0. The molecule has 0 unspecified atom stereocenters. The highest BCUT2D eigenvalue weighted by molar-refractivity contribution is 6.58. The van der Waals surface area contributed by atoms with Gasteiger partial charge >= 0.3 is 13.2 Å². The predicted molar refractivity (Wildman–Crippen MR) is 74.2 cm³/mol. The predicted octanol–water partition coefficient (Wildman–Crippen LogP) is 0.434. The van der Waals surface area contributed by atoms with Crippen LogP contribution in [0.3, 0.4) is 0 Å². The molecular formula is C13H20BNO4. The zero-order valence-corrected chi connectivity index (χ0v) is 11.5. The van der Waals surface area contributed by atoms with Crippen molar-refractivity contribution < 1.29 is 19.6 Å². The van der Waals surface area contributed by atoms with Crippen LogP contribution in [0, 0.1) is 0 Å². The lowest BCUT2D eigenvalue weighted by Gasteiger charge is -2.19. The second-order valence-electron chi connectivity index (χ2n) is 5.29. The summed E-state index contributed by atoms with van der Waals surface area (Å²) in [5.74, 6) is 0. The van der Waals surface area contributed by atoms with Crippen molar-refractivity contribution in [3.05, 3.63) is 29.8 Å². The van der Waals surface area contributed by atoms with Crippen molar-refractivity contribution >= 4 is 18.7 Å². The van der Waals surface area contributed by atoms with Crippen LogP contribution in [0.25, 0.3) is 0 Å². The Labute approximate surface area is 113 Å². The molecule has 0 aliphatic carbocycles. The van der Waals surface area contributed by atoms with Crippen LogP contribution in [0.2, 0.25) is 0 Å². The number of rotatable bonds is 4. The molecule has 6 heteroatoms. The largest absolute Gasteiger partial charge is 0.488 e. The van der Waals surface area contributed by atoms with Crippen molar-refractivity contribution in [1.82, 2.24) is 5.32 Å². The molecule has 1 amide bonds. The Morgan fingerprint density at radius 2 is 1.84 bits per heavy atom. The molecule has 0 saturated heterocycles. The van der Waals surface area contributed by atoms with Gasteiger partial charge in [0.05, 0.1) is 0 Å². The molecule has 0 saturated carbocycles. The summed E-state index contributed by atoms with van der Waals surface area (Å²) in [4.78, 5) is 11.4. The van der Waals surface area contributed by atoms with Gasteiger partial charge in [-0.3, -0.25) is 0 Å². The van der Waals surface area contributed by atoms with Gasteiger partial charge in [0, 0.05) is 6.54 Å². The summed E-state index contributed by atoms with van der Waals surface area (Å²) < 4.78 is 5.11. The Balaban J connectivity index is 2.35. The Bertz CT molecular complexity index is 412. The molecule has 5 nitrogen and oxygen atoms in total. The van der Waals surface area contributed by atoms with Crippen LogP contribution in [0.15, 0.2) is 24.3 Å². The number of benzene rings is 1. The molecule has 0 bridgehead atoms. The van der Waals surface area contributed by atoms with E-state index in [1.54, 1.807) is 24.3 Å². The molecule has 0 aromatic heterocycles. The maximum Gasteiger partial charge on any atom is 0.488 e. The summed E-state index contributed by atoms with van der Waals surface area (Å²) in [6, 6.07) is 6.89. The number of ether oxygens (including phenoxy) is 1. The van der Waals surface area contributed by atoms with E-state index in [0.717, 1.165) is 5.56 Å². The second kappa shape index (κ2) is 6.59. The van der Waals surface area contributed by atoms with Gasteiger partial charge in [0.2, 0.25) is 0 Å². The number of carbonyl (C=O) groups is 1. The van der Waals surface area contributed by atoms with E-state index < -0.39 is 18.8 Å². The van der Waals surface area contributed by atoms with E-state index in [4.69, 9.17) is 14.8 Å². The topological polar surface area (TPSA) is 78.8 Å². The highest BCUT2D eigenvalue weighted by atomic mass is 16.6. The number of hydrogen-bond acceptors (Lipinski definition) is 4. The van der Waals surface area contributed by atoms with Crippen LogP contribution in [-0.4, -0.2) is 35.4 Å². The first-order valence-electron chi connectivity index (χ1n) is 6.20. The zero-order valence-electron chi connectivity index (χ0n) is 11.5. The Morgan fingerprint density at radius 1 is 1.26 bits per heavy atom. The van der Waals surface area contributed by atoms with Crippen LogP contribution in [-0.2, 0) is 11.2 Å². The molecule has 0 spiro atoms. The fourth-order valence-corrected chi connectivity index (χ4v) is 1.48. The third-order valence-electron chi connectivity index (χ3n) is 2.36. The van der Waals surface area contributed by atoms with Gasteiger partial charge in [-0.05, 0) is 38.2 Å². The van der Waals surface area contributed by atoms with E-state index in [9.17, 15) is 4.79 Å². The highest BCUT2D eigenvalue weighted by Gasteiger charge is 2.15. The summed E-state index contributed by atoms with van der Waals surface area (Å²) in [7, 11) is -1.45. The van der Waals surface area contributed by atoms with Crippen molar-refractivity contribution in [1.29, 1.82) is 0 Å². The van der Waals surface area contributed by atoms with Crippen LogP contribution in [0.5, 0.6) is 0 Å². The minimum atomic E-state index is -1.45. The quantitative estimate of drug-likeness (QED) is 0.690. The van der Waals surface area contributed by atoms with Gasteiger partial charge in [-0.25, -0.2) is 4.79 Å². The first-order chi connectivity index (χ1) is 8.78. The zero-order chi connectivity index (χ0) is 14.5. The van der Waals surface area contributed by atoms with Gasteiger partial charge in [0.15, 0.2) is 0 Å². The van der Waals surface area contributed by atoms with Gasteiger partial charge < -0.3 is 20.1 Å². The summed E-state index contributed by atoms with van der Waals surface area (Å²) in [5.41, 5.74) is 0.951. The van der Waals surface area contributed by atoms with E-state index in [2.05, 4.69) is 5.32 Å². The van der Waals surface area contributed by atoms with Gasteiger partial charge in [0.1, 0.15) is 5.60 Å². The Morgan fingerprint density at radius 3 is 2.32 bits per heavy atom. The number of hydrogen-bond donors (Lipinski definition) is 3. The number of nitrogens with one attached hydrogen (secondary N) is 1. The lowest BCUT2D eigenvalue weighted by atomic mass is 9.80. The van der Waals surface area contributed by atoms with Crippen molar-refractivity contribution in [2.45, 2.75) is 32.8 Å². The van der Waals surface area contributed by atoms with E-state index in [-0.39, 0.29) is 0 Å². The average molecular weight is 265 g/mol. The molecule has 0 heterocycles. The normalized spacial score (nSPS) is 11.0. The van der Waals surface area contributed by atoms with E-state index >= 15 is 0 Å². The minimum Gasteiger partial charge on any atom is -0.444 e. The van der Waals surface area contributed by atoms with Crippen molar-refractivity contribution in [2.24, 2.45) is 0 Å². The van der Waals surface area contributed by atoms with Crippen molar-refractivity contribution in [3.8, 4) is 0 Å². The number of alkyl carbamates (subject to hydrolysis) is 1. The second-order valence-corrected chi connectivity index (χ2v) is 5.29. The monoisotopic (exact) mass is 265 g/mol. The van der Waals surface area contributed by atoms with Crippen molar-refractivity contribution in [3.63, 3.8) is 0 Å². The molecule has 0 fully saturated rings. The van der Waals surface area contributed by atoms with Gasteiger partial charge in [-0.1, -0.05) is 24.3 Å². The fraction of sp³-hybridized carbons (Fsp3) is 0.462. The SMILES string of the molecule is CC(C)(C)OC(=O)NCCc1ccc(B(O)O)cc1. The van der Waals surface area contributed by atoms with Crippen molar-refractivity contribution in [2.75, 3.05) is 6.54 Å². The molecule has 3 N–H and O–H groups in total. The number of carbonyl (C=O) groups excluding carboxylic acids is 1. The molecule has 19 heavy (non-hydrogen) atoms. The summed E-state index contributed by atoms with van der Waals surface area (Å²) in [6.07, 6.45) is 0.219.